The van der Waals surface area contributed by atoms with Gasteiger partial charge in [-0.25, -0.2) is 0 Å². The second-order valence-electron chi connectivity index (χ2n) is 4.42. The average Bonchev–Trinajstić information content (AvgIpc) is 2.42. The van der Waals surface area contributed by atoms with Crippen LogP contribution in [0, 0.1) is 0 Å². The van der Waals surface area contributed by atoms with Gasteiger partial charge in [0.05, 0.1) is 12.7 Å². The quantitative estimate of drug-likeness (QED) is 0.876. The lowest BCUT2D eigenvalue weighted by molar-refractivity contribution is -0.0730. The van der Waals surface area contributed by atoms with Crippen LogP contribution in [0.5, 0.6) is 5.75 Å². The van der Waals surface area contributed by atoms with Gasteiger partial charge in [-0.1, -0.05) is 18.2 Å². The zero-order chi connectivity index (χ0) is 12.4. The maximum Gasteiger partial charge on any atom is 0.148 e. The molecule has 2 atom stereocenters. The van der Waals surface area contributed by atoms with E-state index < -0.39 is 6.10 Å². The van der Waals surface area contributed by atoms with Crippen molar-refractivity contribution in [3.8, 4) is 5.75 Å². The summed E-state index contributed by atoms with van der Waals surface area (Å²) in [5.41, 5.74) is 0.817. The molecule has 18 heavy (non-hydrogen) atoms. The number of nitrogens with zero attached hydrogens (tertiary/aromatic N) is 1. The third-order valence-electron chi connectivity index (χ3n) is 3.14. The van der Waals surface area contributed by atoms with Gasteiger partial charge in [-0.15, -0.1) is 0 Å². The van der Waals surface area contributed by atoms with E-state index in [4.69, 9.17) is 9.47 Å². The molecule has 1 aromatic heterocycles. The van der Waals surface area contributed by atoms with Gasteiger partial charge in [-0.05, 0) is 12.1 Å². The number of aromatic nitrogens is 1. The Balaban J connectivity index is 1.90. The topological polar surface area (TPSA) is 51.6 Å². The maximum absolute atomic E-state index is 9.88. The van der Waals surface area contributed by atoms with Gasteiger partial charge >= 0.3 is 0 Å². The van der Waals surface area contributed by atoms with E-state index in [9.17, 15) is 5.11 Å². The van der Waals surface area contributed by atoms with Crippen LogP contribution in [0.2, 0.25) is 0 Å². The van der Waals surface area contributed by atoms with Crippen molar-refractivity contribution in [1.82, 2.24) is 4.98 Å². The molecule has 1 fully saturated rings. The van der Waals surface area contributed by atoms with Gasteiger partial charge in [-0.2, -0.15) is 0 Å². The van der Waals surface area contributed by atoms with Crippen molar-refractivity contribution in [2.24, 2.45) is 0 Å². The summed E-state index contributed by atoms with van der Waals surface area (Å²) < 4.78 is 11.2. The highest BCUT2D eigenvalue weighted by Gasteiger charge is 2.26. The van der Waals surface area contributed by atoms with Crippen molar-refractivity contribution in [3.63, 3.8) is 0 Å². The van der Waals surface area contributed by atoms with Crippen LogP contribution < -0.4 is 4.74 Å². The van der Waals surface area contributed by atoms with Crippen molar-refractivity contribution in [2.45, 2.75) is 18.6 Å². The smallest absolute Gasteiger partial charge is 0.148 e. The van der Waals surface area contributed by atoms with Crippen LogP contribution in [-0.4, -0.2) is 35.5 Å². The number of aliphatic hydroxyl groups excluding tert-OH is 1. The third kappa shape index (κ3) is 2.17. The van der Waals surface area contributed by atoms with E-state index in [1.54, 1.807) is 6.20 Å². The fraction of sp³-hybridized carbons (Fsp3) is 0.357. The Hall–Kier alpha value is -1.65. The van der Waals surface area contributed by atoms with Crippen molar-refractivity contribution in [3.05, 3.63) is 36.5 Å². The molecule has 3 rings (SSSR count). The number of hydrogen-bond donors (Lipinski definition) is 1. The van der Waals surface area contributed by atoms with Crippen LogP contribution in [0.1, 0.15) is 6.42 Å². The summed E-state index contributed by atoms with van der Waals surface area (Å²) in [6.45, 7) is 1.01. The monoisotopic (exact) mass is 245 g/mol. The molecule has 1 aliphatic heterocycles. The van der Waals surface area contributed by atoms with Crippen LogP contribution in [0.3, 0.4) is 0 Å². The molecule has 1 saturated heterocycles. The zero-order valence-corrected chi connectivity index (χ0v) is 9.95. The normalized spacial score (nSPS) is 24.1. The molecule has 0 bridgehead atoms. The van der Waals surface area contributed by atoms with Gasteiger partial charge in [0.1, 0.15) is 17.4 Å². The number of fused-ring (bicyclic) bond motifs is 1. The van der Waals surface area contributed by atoms with Gasteiger partial charge in [0.25, 0.3) is 0 Å². The van der Waals surface area contributed by atoms with E-state index in [-0.39, 0.29) is 6.10 Å². The predicted octanol–water partition coefficient (Wildman–Crippen LogP) is 1.76. The third-order valence-corrected chi connectivity index (χ3v) is 3.14. The largest absolute Gasteiger partial charge is 0.483 e. The second-order valence-corrected chi connectivity index (χ2v) is 4.42. The van der Waals surface area contributed by atoms with Crippen LogP contribution in [0.4, 0.5) is 0 Å². The number of pyridine rings is 1. The summed E-state index contributed by atoms with van der Waals surface area (Å²) in [4.78, 5) is 4.32. The van der Waals surface area contributed by atoms with Gasteiger partial charge in [0, 0.05) is 24.6 Å². The van der Waals surface area contributed by atoms with E-state index in [1.165, 1.54) is 0 Å². The minimum absolute atomic E-state index is 0.314. The first-order chi connectivity index (χ1) is 8.84. The maximum atomic E-state index is 9.88. The molecule has 1 aromatic carbocycles. The molecule has 4 nitrogen and oxygen atoms in total. The number of rotatable bonds is 2. The molecule has 2 aromatic rings. The molecule has 0 saturated carbocycles. The average molecular weight is 245 g/mol. The molecule has 94 valence electrons. The fourth-order valence-electron chi connectivity index (χ4n) is 2.15. The summed E-state index contributed by atoms with van der Waals surface area (Å²) in [7, 11) is 0. The molecular formula is C14H15NO3. The number of aliphatic hydroxyl groups is 1. The van der Waals surface area contributed by atoms with Crippen molar-refractivity contribution >= 4 is 10.9 Å². The Morgan fingerprint density at radius 3 is 3.06 bits per heavy atom. The van der Waals surface area contributed by atoms with E-state index in [0.29, 0.717) is 25.4 Å². The summed E-state index contributed by atoms with van der Waals surface area (Å²) in [6.07, 6.45) is 1.57. The Morgan fingerprint density at radius 1 is 1.28 bits per heavy atom. The van der Waals surface area contributed by atoms with E-state index in [0.717, 1.165) is 10.9 Å². The lowest BCUT2D eigenvalue weighted by Gasteiger charge is -2.28. The standard InChI is InChI=1S/C14H15NO3/c16-11-6-8-17-9-13(11)18-12-5-1-3-10-4-2-7-15-14(10)12/h1-5,7,11,13,16H,6,8-9H2. The van der Waals surface area contributed by atoms with E-state index in [1.807, 2.05) is 30.3 Å². The Labute approximate surface area is 105 Å². The number of hydrogen-bond acceptors (Lipinski definition) is 4. The minimum Gasteiger partial charge on any atom is -0.483 e. The van der Waals surface area contributed by atoms with Crippen molar-refractivity contribution in [1.29, 1.82) is 0 Å². The minimum atomic E-state index is -0.474. The SMILES string of the molecule is OC1CCOCC1Oc1cccc2cccnc12. The van der Waals surface area contributed by atoms with E-state index >= 15 is 0 Å². The molecular weight excluding hydrogens is 230 g/mol. The molecule has 4 heteroatoms. The van der Waals surface area contributed by atoms with Gasteiger partial charge in [-0.3, -0.25) is 4.98 Å². The molecule has 0 spiro atoms. The second kappa shape index (κ2) is 4.92. The molecule has 1 N–H and O–H groups in total. The molecule has 1 aliphatic rings. The first kappa shape index (κ1) is 11.4. The molecule has 0 radical (unpaired) electrons. The Bertz CT molecular complexity index is 538. The Kier molecular flexibility index (Phi) is 3.13. The summed E-state index contributed by atoms with van der Waals surface area (Å²) in [5.74, 6) is 0.697. The summed E-state index contributed by atoms with van der Waals surface area (Å²) in [6, 6.07) is 9.67. The van der Waals surface area contributed by atoms with Crippen LogP contribution >= 0.6 is 0 Å². The highest BCUT2D eigenvalue weighted by atomic mass is 16.5. The highest BCUT2D eigenvalue weighted by Crippen LogP contribution is 2.25. The van der Waals surface area contributed by atoms with Gasteiger partial charge in [0.2, 0.25) is 0 Å². The number of ether oxygens (including phenoxy) is 2. The summed E-state index contributed by atoms with van der Waals surface area (Å²) in [5, 5.41) is 10.9. The number of benzene rings is 1. The van der Waals surface area contributed by atoms with Crippen molar-refractivity contribution < 1.29 is 14.6 Å². The van der Waals surface area contributed by atoms with Crippen LogP contribution in [0.15, 0.2) is 36.5 Å². The van der Waals surface area contributed by atoms with Crippen LogP contribution in [-0.2, 0) is 4.74 Å². The lowest BCUT2D eigenvalue weighted by atomic mass is 10.1. The zero-order valence-electron chi connectivity index (χ0n) is 9.95. The Morgan fingerprint density at radius 2 is 2.17 bits per heavy atom. The van der Waals surface area contributed by atoms with Crippen molar-refractivity contribution in [2.75, 3.05) is 13.2 Å². The molecule has 2 heterocycles. The summed E-state index contributed by atoms with van der Waals surface area (Å²) >= 11 is 0. The fourth-order valence-corrected chi connectivity index (χ4v) is 2.15. The lowest BCUT2D eigenvalue weighted by Crippen LogP contribution is -2.40. The van der Waals surface area contributed by atoms with Gasteiger partial charge < -0.3 is 14.6 Å². The molecule has 0 amide bonds. The first-order valence-electron chi connectivity index (χ1n) is 6.11. The first-order valence-corrected chi connectivity index (χ1v) is 6.11. The van der Waals surface area contributed by atoms with Crippen LogP contribution in [0.25, 0.3) is 10.9 Å². The predicted molar refractivity (Wildman–Crippen MR) is 67.6 cm³/mol. The van der Waals surface area contributed by atoms with Gasteiger partial charge in [0.15, 0.2) is 0 Å². The van der Waals surface area contributed by atoms with E-state index in [2.05, 4.69) is 4.98 Å². The highest BCUT2D eigenvalue weighted by molar-refractivity contribution is 5.84. The number of para-hydroxylation sites is 1. The molecule has 0 aliphatic carbocycles. The molecule has 2 unspecified atom stereocenters.